The van der Waals surface area contributed by atoms with E-state index in [-0.39, 0.29) is 5.54 Å². The molecule has 0 amide bonds. The van der Waals surface area contributed by atoms with E-state index in [1.807, 2.05) is 0 Å². The molecule has 0 aromatic carbocycles. The van der Waals surface area contributed by atoms with E-state index in [2.05, 4.69) is 25.1 Å². The molecule has 0 aliphatic heterocycles. The van der Waals surface area contributed by atoms with Gasteiger partial charge in [0.15, 0.2) is 0 Å². The maximum Gasteiger partial charge on any atom is 0.0578 e. The van der Waals surface area contributed by atoms with Crippen LogP contribution in [0, 0.1) is 24.2 Å². The Bertz CT molecular complexity index is 219. The molecule has 0 heterocycles. The molecule has 2 nitrogen and oxygen atoms in total. The Labute approximate surface area is 87.6 Å². The Kier molecular flexibility index (Phi) is 3.97. The van der Waals surface area contributed by atoms with Crippen LogP contribution in [0.1, 0.15) is 33.1 Å². The Balaban J connectivity index is 2.70. The van der Waals surface area contributed by atoms with Gasteiger partial charge in [0.1, 0.15) is 0 Å². The van der Waals surface area contributed by atoms with Gasteiger partial charge in [-0.2, -0.15) is 0 Å². The SMILES string of the molecule is C#CCNC1(CN)CCCC(C)C1C. The van der Waals surface area contributed by atoms with E-state index in [4.69, 9.17) is 12.2 Å². The molecule has 0 aromatic rings. The molecule has 0 spiro atoms. The fourth-order valence-corrected chi connectivity index (χ4v) is 2.60. The minimum Gasteiger partial charge on any atom is -0.329 e. The van der Waals surface area contributed by atoms with Crippen molar-refractivity contribution in [1.29, 1.82) is 0 Å². The van der Waals surface area contributed by atoms with Crippen LogP contribution in [0.3, 0.4) is 0 Å². The molecule has 0 aromatic heterocycles. The average molecular weight is 194 g/mol. The Morgan fingerprint density at radius 2 is 2.29 bits per heavy atom. The summed E-state index contributed by atoms with van der Waals surface area (Å²) in [7, 11) is 0. The molecule has 1 rings (SSSR count). The van der Waals surface area contributed by atoms with Crippen molar-refractivity contribution < 1.29 is 0 Å². The quantitative estimate of drug-likeness (QED) is 0.666. The maximum atomic E-state index is 5.90. The molecule has 0 saturated heterocycles. The summed E-state index contributed by atoms with van der Waals surface area (Å²) in [5, 5.41) is 3.45. The molecular formula is C12H22N2. The van der Waals surface area contributed by atoms with Gasteiger partial charge in [-0.25, -0.2) is 0 Å². The summed E-state index contributed by atoms with van der Waals surface area (Å²) >= 11 is 0. The zero-order valence-corrected chi connectivity index (χ0v) is 9.34. The minimum absolute atomic E-state index is 0.0873. The zero-order chi connectivity index (χ0) is 10.6. The van der Waals surface area contributed by atoms with Crippen LogP contribution in [0.2, 0.25) is 0 Å². The van der Waals surface area contributed by atoms with Gasteiger partial charge in [0.05, 0.1) is 6.54 Å². The van der Waals surface area contributed by atoms with Crippen LogP contribution in [0.25, 0.3) is 0 Å². The first-order valence-corrected chi connectivity index (χ1v) is 5.55. The number of hydrogen-bond acceptors (Lipinski definition) is 2. The molecule has 0 bridgehead atoms. The highest BCUT2D eigenvalue weighted by molar-refractivity contribution is 5.01. The van der Waals surface area contributed by atoms with Crippen molar-refractivity contribution in [3.63, 3.8) is 0 Å². The van der Waals surface area contributed by atoms with Crippen molar-refractivity contribution in [1.82, 2.24) is 5.32 Å². The summed E-state index contributed by atoms with van der Waals surface area (Å²) in [6.07, 6.45) is 9.03. The van der Waals surface area contributed by atoms with Crippen molar-refractivity contribution in [2.24, 2.45) is 17.6 Å². The lowest BCUT2D eigenvalue weighted by atomic mass is 9.68. The molecule has 14 heavy (non-hydrogen) atoms. The third-order valence-electron chi connectivity index (χ3n) is 3.91. The van der Waals surface area contributed by atoms with E-state index in [1.165, 1.54) is 12.8 Å². The normalized spacial score (nSPS) is 37.9. The first-order valence-electron chi connectivity index (χ1n) is 5.55. The van der Waals surface area contributed by atoms with Gasteiger partial charge >= 0.3 is 0 Å². The van der Waals surface area contributed by atoms with Crippen molar-refractivity contribution in [2.45, 2.75) is 38.6 Å². The second-order valence-corrected chi connectivity index (χ2v) is 4.58. The average Bonchev–Trinajstić information content (AvgIpc) is 2.21. The highest BCUT2D eigenvalue weighted by Gasteiger charge is 2.39. The molecular weight excluding hydrogens is 172 g/mol. The van der Waals surface area contributed by atoms with Gasteiger partial charge < -0.3 is 5.73 Å². The summed E-state index contributed by atoms with van der Waals surface area (Å²) in [5.41, 5.74) is 5.99. The maximum absolute atomic E-state index is 5.90. The number of rotatable bonds is 3. The summed E-state index contributed by atoms with van der Waals surface area (Å²) in [6.45, 7) is 5.93. The number of hydrogen-bond donors (Lipinski definition) is 2. The summed E-state index contributed by atoms with van der Waals surface area (Å²) < 4.78 is 0. The third kappa shape index (κ3) is 2.10. The Morgan fingerprint density at radius 3 is 2.86 bits per heavy atom. The highest BCUT2D eigenvalue weighted by Crippen LogP contribution is 2.36. The minimum atomic E-state index is 0.0873. The van der Waals surface area contributed by atoms with Gasteiger partial charge in [-0.3, -0.25) is 5.32 Å². The standard InChI is InChI=1S/C12H22N2/c1-4-8-14-12(9-13)7-5-6-10(2)11(12)3/h1,10-11,14H,5-9,13H2,2-3H3. The fraction of sp³-hybridized carbons (Fsp3) is 0.833. The predicted octanol–water partition coefficient (Wildman–Crippen LogP) is 1.36. The van der Waals surface area contributed by atoms with E-state index in [9.17, 15) is 0 Å². The smallest absolute Gasteiger partial charge is 0.0578 e. The molecule has 0 radical (unpaired) electrons. The molecule has 2 heteroatoms. The molecule has 3 unspecified atom stereocenters. The summed E-state index contributed by atoms with van der Waals surface area (Å²) in [5.74, 6) is 4.01. The molecule has 1 aliphatic carbocycles. The zero-order valence-electron chi connectivity index (χ0n) is 9.34. The van der Waals surface area contributed by atoms with E-state index in [0.29, 0.717) is 19.0 Å². The van der Waals surface area contributed by atoms with Crippen molar-refractivity contribution in [2.75, 3.05) is 13.1 Å². The molecule has 1 saturated carbocycles. The first kappa shape index (κ1) is 11.6. The Hall–Kier alpha value is -0.520. The monoisotopic (exact) mass is 194 g/mol. The summed E-state index contributed by atoms with van der Waals surface area (Å²) in [6, 6.07) is 0. The van der Waals surface area contributed by atoms with E-state index in [0.717, 1.165) is 12.3 Å². The van der Waals surface area contributed by atoms with Crippen molar-refractivity contribution in [3.05, 3.63) is 0 Å². The van der Waals surface area contributed by atoms with Gasteiger partial charge in [0.25, 0.3) is 0 Å². The van der Waals surface area contributed by atoms with Crippen LogP contribution in [0.5, 0.6) is 0 Å². The number of nitrogens with two attached hydrogens (primary N) is 1. The van der Waals surface area contributed by atoms with Crippen LogP contribution in [-0.2, 0) is 0 Å². The number of nitrogens with one attached hydrogen (secondary N) is 1. The highest BCUT2D eigenvalue weighted by atomic mass is 15.0. The largest absolute Gasteiger partial charge is 0.329 e. The van der Waals surface area contributed by atoms with Crippen LogP contribution >= 0.6 is 0 Å². The van der Waals surface area contributed by atoms with Crippen LogP contribution < -0.4 is 11.1 Å². The Morgan fingerprint density at radius 1 is 1.57 bits per heavy atom. The molecule has 1 fully saturated rings. The van der Waals surface area contributed by atoms with Crippen LogP contribution in [0.4, 0.5) is 0 Å². The second kappa shape index (κ2) is 4.82. The lowest BCUT2D eigenvalue weighted by Crippen LogP contribution is -2.59. The predicted molar refractivity (Wildman–Crippen MR) is 60.8 cm³/mol. The van der Waals surface area contributed by atoms with Crippen LogP contribution in [0.15, 0.2) is 0 Å². The molecule has 3 N–H and O–H groups in total. The van der Waals surface area contributed by atoms with Crippen molar-refractivity contribution >= 4 is 0 Å². The second-order valence-electron chi connectivity index (χ2n) is 4.58. The van der Waals surface area contributed by atoms with Gasteiger partial charge in [0, 0.05) is 12.1 Å². The lowest BCUT2D eigenvalue weighted by Gasteiger charge is -2.45. The van der Waals surface area contributed by atoms with E-state index >= 15 is 0 Å². The summed E-state index contributed by atoms with van der Waals surface area (Å²) in [4.78, 5) is 0. The topological polar surface area (TPSA) is 38.0 Å². The first-order chi connectivity index (χ1) is 6.66. The third-order valence-corrected chi connectivity index (χ3v) is 3.91. The van der Waals surface area contributed by atoms with Gasteiger partial charge in [0.2, 0.25) is 0 Å². The molecule has 80 valence electrons. The van der Waals surface area contributed by atoms with Crippen LogP contribution in [-0.4, -0.2) is 18.6 Å². The molecule has 1 aliphatic rings. The van der Waals surface area contributed by atoms with Gasteiger partial charge in [-0.1, -0.05) is 32.6 Å². The van der Waals surface area contributed by atoms with E-state index in [1.54, 1.807) is 0 Å². The van der Waals surface area contributed by atoms with Gasteiger partial charge in [-0.05, 0) is 18.3 Å². The van der Waals surface area contributed by atoms with E-state index < -0.39 is 0 Å². The fourth-order valence-electron chi connectivity index (χ4n) is 2.60. The van der Waals surface area contributed by atoms with Gasteiger partial charge in [-0.15, -0.1) is 6.42 Å². The number of terminal acetylenes is 1. The van der Waals surface area contributed by atoms with Crippen molar-refractivity contribution in [3.8, 4) is 12.3 Å². The lowest BCUT2D eigenvalue weighted by molar-refractivity contribution is 0.116. The molecule has 3 atom stereocenters.